The zero-order valence-electron chi connectivity index (χ0n) is 9.76. The van der Waals surface area contributed by atoms with Crippen molar-refractivity contribution in [2.75, 3.05) is 6.61 Å². The molecule has 0 amide bonds. The van der Waals surface area contributed by atoms with Gasteiger partial charge in [0.05, 0.1) is 23.0 Å². The van der Waals surface area contributed by atoms with Crippen LogP contribution in [-0.4, -0.2) is 27.0 Å². The van der Waals surface area contributed by atoms with Gasteiger partial charge in [0, 0.05) is 19.1 Å². The van der Waals surface area contributed by atoms with Gasteiger partial charge in [-0.2, -0.15) is 5.10 Å². The van der Waals surface area contributed by atoms with Gasteiger partial charge in [-0.15, -0.1) is 0 Å². The highest BCUT2D eigenvalue weighted by Crippen LogP contribution is 2.32. The summed E-state index contributed by atoms with van der Waals surface area (Å²) in [6.07, 6.45) is 3.27. The summed E-state index contributed by atoms with van der Waals surface area (Å²) in [6.45, 7) is 2.76. The number of aryl methyl sites for hydroxylation is 2. The minimum Gasteiger partial charge on any atom is -0.394 e. The zero-order valence-corrected chi connectivity index (χ0v) is 10.5. The normalized spacial score (nSPS) is 18.5. The van der Waals surface area contributed by atoms with Crippen molar-refractivity contribution >= 4 is 11.6 Å². The molecule has 90 valence electrons. The van der Waals surface area contributed by atoms with E-state index in [1.165, 1.54) is 6.42 Å². The Labute approximate surface area is 101 Å². The fraction of sp³-hybridized carbons (Fsp3) is 0.727. The average molecular weight is 244 g/mol. The second-order valence-corrected chi connectivity index (χ2v) is 4.99. The number of aliphatic hydroxyl groups excluding tert-OH is 1. The lowest BCUT2D eigenvalue weighted by atomic mass is 9.77. The highest BCUT2D eigenvalue weighted by atomic mass is 35.5. The number of hydrogen-bond acceptors (Lipinski definition) is 3. The van der Waals surface area contributed by atoms with Crippen molar-refractivity contribution in [3.05, 3.63) is 16.4 Å². The van der Waals surface area contributed by atoms with Crippen molar-refractivity contribution in [3.8, 4) is 0 Å². The Morgan fingerprint density at radius 1 is 1.56 bits per heavy atom. The van der Waals surface area contributed by atoms with Gasteiger partial charge in [0.15, 0.2) is 0 Å². The summed E-state index contributed by atoms with van der Waals surface area (Å²) in [5.74, 6) is 0. The third-order valence-electron chi connectivity index (χ3n) is 3.51. The standard InChI is InChI=1S/C11H18ClN3O/c1-8-10(12)9(15(2)14-8)6-13-11(7-16)4-3-5-11/h13,16H,3-7H2,1-2H3. The minimum atomic E-state index is -0.0818. The monoisotopic (exact) mass is 243 g/mol. The molecule has 0 radical (unpaired) electrons. The van der Waals surface area contributed by atoms with Crippen LogP contribution in [0.15, 0.2) is 0 Å². The van der Waals surface area contributed by atoms with Crippen molar-refractivity contribution in [1.82, 2.24) is 15.1 Å². The van der Waals surface area contributed by atoms with Gasteiger partial charge in [-0.25, -0.2) is 0 Å². The first-order valence-electron chi connectivity index (χ1n) is 5.62. The molecule has 1 heterocycles. The van der Waals surface area contributed by atoms with Gasteiger partial charge in [0.1, 0.15) is 0 Å². The van der Waals surface area contributed by atoms with Crippen LogP contribution in [0.4, 0.5) is 0 Å². The maximum absolute atomic E-state index is 9.34. The summed E-state index contributed by atoms with van der Waals surface area (Å²) in [6, 6.07) is 0. The molecule has 1 saturated carbocycles. The predicted octanol–water partition coefficient (Wildman–Crippen LogP) is 1.39. The highest BCUT2D eigenvalue weighted by Gasteiger charge is 2.35. The lowest BCUT2D eigenvalue weighted by molar-refractivity contribution is 0.0865. The molecule has 0 saturated heterocycles. The van der Waals surface area contributed by atoms with E-state index >= 15 is 0 Å². The molecule has 1 fully saturated rings. The number of rotatable bonds is 4. The summed E-state index contributed by atoms with van der Waals surface area (Å²) in [7, 11) is 1.89. The van der Waals surface area contributed by atoms with Gasteiger partial charge in [0.25, 0.3) is 0 Å². The average Bonchev–Trinajstić information content (AvgIpc) is 2.43. The van der Waals surface area contributed by atoms with Crippen LogP contribution in [0.5, 0.6) is 0 Å². The Morgan fingerprint density at radius 2 is 2.25 bits per heavy atom. The molecule has 2 rings (SSSR count). The maximum Gasteiger partial charge on any atom is 0.0860 e. The van der Waals surface area contributed by atoms with Gasteiger partial charge < -0.3 is 10.4 Å². The van der Waals surface area contributed by atoms with E-state index < -0.39 is 0 Å². The Morgan fingerprint density at radius 3 is 2.62 bits per heavy atom. The molecule has 0 bridgehead atoms. The second kappa shape index (κ2) is 4.35. The third kappa shape index (κ3) is 1.97. The van der Waals surface area contributed by atoms with E-state index in [2.05, 4.69) is 10.4 Å². The van der Waals surface area contributed by atoms with Crippen molar-refractivity contribution < 1.29 is 5.11 Å². The topological polar surface area (TPSA) is 50.1 Å². The SMILES string of the molecule is Cc1nn(C)c(CNC2(CO)CCC2)c1Cl. The van der Waals surface area contributed by atoms with E-state index in [1.807, 2.05) is 14.0 Å². The van der Waals surface area contributed by atoms with E-state index in [0.29, 0.717) is 6.54 Å². The highest BCUT2D eigenvalue weighted by molar-refractivity contribution is 6.31. The van der Waals surface area contributed by atoms with E-state index in [1.54, 1.807) is 4.68 Å². The molecule has 0 unspecified atom stereocenters. The van der Waals surface area contributed by atoms with Crippen molar-refractivity contribution in [2.24, 2.45) is 7.05 Å². The van der Waals surface area contributed by atoms with Gasteiger partial charge in [-0.05, 0) is 26.2 Å². The molecule has 4 nitrogen and oxygen atoms in total. The van der Waals surface area contributed by atoms with Gasteiger partial charge >= 0.3 is 0 Å². The van der Waals surface area contributed by atoms with Crippen LogP contribution in [0.25, 0.3) is 0 Å². The molecule has 16 heavy (non-hydrogen) atoms. The molecule has 1 aliphatic carbocycles. The maximum atomic E-state index is 9.34. The van der Waals surface area contributed by atoms with E-state index in [4.69, 9.17) is 11.6 Å². The number of nitrogens with one attached hydrogen (secondary N) is 1. The van der Waals surface area contributed by atoms with E-state index in [9.17, 15) is 5.11 Å². The lowest BCUT2D eigenvalue weighted by Gasteiger charge is -2.41. The Hall–Kier alpha value is -0.580. The lowest BCUT2D eigenvalue weighted by Crippen LogP contribution is -2.53. The molecule has 1 aromatic rings. The van der Waals surface area contributed by atoms with Crippen LogP contribution >= 0.6 is 11.6 Å². The van der Waals surface area contributed by atoms with Crippen LogP contribution in [0.1, 0.15) is 30.7 Å². The fourth-order valence-electron chi connectivity index (χ4n) is 2.14. The molecular weight excluding hydrogens is 226 g/mol. The number of aliphatic hydroxyl groups is 1. The minimum absolute atomic E-state index is 0.0818. The third-order valence-corrected chi connectivity index (χ3v) is 4.00. The summed E-state index contributed by atoms with van der Waals surface area (Å²) < 4.78 is 1.80. The van der Waals surface area contributed by atoms with Crippen LogP contribution in [0.3, 0.4) is 0 Å². The van der Waals surface area contributed by atoms with Crippen LogP contribution < -0.4 is 5.32 Å². The van der Waals surface area contributed by atoms with Crippen LogP contribution in [0, 0.1) is 6.92 Å². The Kier molecular flexibility index (Phi) is 3.24. The first kappa shape index (κ1) is 11.9. The largest absolute Gasteiger partial charge is 0.394 e. The molecule has 0 spiro atoms. The predicted molar refractivity (Wildman–Crippen MR) is 63.5 cm³/mol. The molecule has 0 atom stereocenters. The molecule has 0 aromatic carbocycles. The molecule has 1 aliphatic rings. The van der Waals surface area contributed by atoms with Crippen molar-refractivity contribution in [3.63, 3.8) is 0 Å². The zero-order chi connectivity index (χ0) is 11.8. The molecular formula is C11H18ClN3O. The molecule has 5 heteroatoms. The van der Waals surface area contributed by atoms with E-state index in [0.717, 1.165) is 29.3 Å². The van der Waals surface area contributed by atoms with Gasteiger partial charge in [0.2, 0.25) is 0 Å². The van der Waals surface area contributed by atoms with E-state index in [-0.39, 0.29) is 12.1 Å². The number of nitrogens with zero attached hydrogens (tertiary/aromatic N) is 2. The van der Waals surface area contributed by atoms with Gasteiger partial charge in [-0.1, -0.05) is 11.6 Å². The molecule has 0 aliphatic heterocycles. The molecule has 2 N–H and O–H groups in total. The number of aromatic nitrogens is 2. The quantitative estimate of drug-likeness (QED) is 0.840. The first-order chi connectivity index (χ1) is 7.58. The first-order valence-corrected chi connectivity index (χ1v) is 6.00. The molecule has 1 aromatic heterocycles. The van der Waals surface area contributed by atoms with Crippen LogP contribution in [-0.2, 0) is 13.6 Å². The summed E-state index contributed by atoms with van der Waals surface area (Å²) >= 11 is 6.16. The Balaban J connectivity index is 2.04. The van der Waals surface area contributed by atoms with Crippen LogP contribution in [0.2, 0.25) is 5.02 Å². The van der Waals surface area contributed by atoms with Gasteiger partial charge in [-0.3, -0.25) is 4.68 Å². The summed E-state index contributed by atoms with van der Waals surface area (Å²) in [5.41, 5.74) is 1.76. The summed E-state index contributed by atoms with van der Waals surface area (Å²) in [4.78, 5) is 0. The summed E-state index contributed by atoms with van der Waals surface area (Å²) in [5, 5.41) is 17.7. The number of hydrogen-bond donors (Lipinski definition) is 2. The van der Waals surface area contributed by atoms with Crippen molar-refractivity contribution in [2.45, 2.75) is 38.3 Å². The number of halogens is 1. The second-order valence-electron chi connectivity index (χ2n) is 4.62. The fourth-order valence-corrected chi connectivity index (χ4v) is 2.36. The Bertz CT molecular complexity index is 379. The van der Waals surface area contributed by atoms with Crippen molar-refractivity contribution in [1.29, 1.82) is 0 Å². The smallest absolute Gasteiger partial charge is 0.0860 e.